The van der Waals surface area contributed by atoms with Crippen LogP contribution in [0.1, 0.15) is 20.3 Å². The Morgan fingerprint density at radius 3 is 2.29 bits per heavy atom. The van der Waals surface area contributed by atoms with Crippen LogP contribution in [0.4, 0.5) is 4.79 Å². The Kier molecular flexibility index (Phi) is 7.29. The Morgan fingerprint density at radius 1 is 1.29 bits per heavy atom. The highest BCUT2D eigenvalue weighted by Gasteiger charge is 2.15. The maximum Gasteiger partial charge on any atom is 0.323 e. The molecule has 0 saturated heterocycles. The molecule has 0 aromatic rings. The standard InChI is InChI=1S/C11H23N3O3/c1-8(2)5-9(7-14(3)4)13-11(17)12-6-10(15)16/h8-9H,5-7H2,1-4H3,(H,15,16)(H2,12,13,17). The fraction of sp³-hybridized carbons (Fsp3) is 0.818. The van der Waals surface area contributed by atoms with Crippen LogP contribution in [0, 0.1) is 5.92 Å². The molecule has 0 saturated carbocycles. The summed E-state index contributed by atoms with van der Waals surface area (Å²) in [6.07, 6.45) is 0.860. The van der Waals surface area contributed by atoms with E-state index in [0.29, 0.717) is 5.92 Å². The first-order chi connectivity index (χ1) is 7.81. The Hall–Kier alpha value is -1.30. The third-order valence-electron chi connectivity index (χ3n) is 2.08. The van der Waals surface area contributed by atoms with Gasteiger partial charge in [-0.1, -0.05) is 13.8 Å². The average molecular weight is 245 g/mol. The number of nitrogens with one attached hydrogen (secondary N) is 2. The second-order valence-electron chi connectivity index (χ2n) is 4.81. The van der Waals surface area contributed by atoms with Gasteiger partial charge in [-0.05, 0) is 26.4 Å². The van der Waals surface area contributed by atoms with E-state index in [1.807, 2.05) is 19.0 Å². The van der Waals surface area contributed by atoms with Crippen LogP contribution in [-0.2, 0) is 4.79 Å². The van der Waals surface area contributed by atoms with Crippen molar-refractivity contribution < 1.29 is 14.7 Å². The summed E-state index contributed by atoms with van der Waals surface area (Å²) in [6.45, 7) is 4.54. The predicted octanol–water partition coefficient (Wildman–Crippen LogP) is 0.347. The molecule has 0 fully saturated rings. The number of aliphatic carboxylic acids is 1. The van der Waals surface area contributed by atoms with Crippen LogP contribution >= 0.6 is 0 Å². The Labute approximate surface area is 102 Å². The van der Waals surface area contributed by atoms with Gasteiger partial charge in [0, 0.05) is 12.6 Å². The predicted molar refractivity (Wildman–Crippen MR) is 66.0 cm³/mol. The molecule has 0 radical (unpaired) electrons. The molecule has 0 aliphatic rings. The number of carbonyl (C=O) groups is 2. The molecule has 0 aliphatic heterocycles. The van der Waals surface area contributed by atoms with E-state index in [0.717, 1.165) is 13.0 Å². The summed E-state index contributed by atoms with van der Waals surface area (Å²) < 4.78 is 0. The number of nitrogens with zero attached hydrogens (tertiary/aromatic N) is 1. The lowest BCUT2D eigenvalue weighted by molar-refractivity contribution is -0.135. The zero-order valence-corrected chi connectivity index (χ0v) is 11.0. The molecule has 1 unspecified atom stereocenters. The minimum atomic E-state index is -1.05. The summed E-state index contributed by atoms with van der Waals surface area (Å²) >= 11 is 0. The number of carbonyl (C=O) groups excluding carboxylic acids is 1. The highest BCUT2D eigenvalue weighted by atomic mass is 16.4. The van der Waals surface area contributed by atoms with Gasteiger partial charge in [-0.3, -0.25) is 4.79 Å². The van der Waals surface area contributed by atoms with Gasteiger partial charge in [0.2, 0.25) is 0 Å². The van der Waals surface area contributed by atoms with Crippen LogP contribution in [0.25, 0.3) is 0 Å². The molecule has 0 heterocycles. The lowest BCUT2D eigenvalue weighted by atomic mass is 10.0. The number of likely N-dealkylation sites (N-methyl/N-ethyl adjacent to an activating group) is 1. The zero-order chi connectivity index (χ0) is 13.4. The average Bonchev–Trinajstić information content (AvgIpc) is 2.12. The molecular formula is C11H23N3O3. The van der Waals surface area contributed by atoms with E-state index in [1.54, 1.807) is 0 Å². The molecule has 0 aromatic carbocycles. The van der Waals surface area contributed by atoms with Gasteiger partial charge in [-0.15, -0.1) is 0 Å². The first-order valence-corrected chi connectivity index (χ1v) is 5.72. The second kappa shape index (κ2) is 7.89. The van der Waals surface area contributed by atoms with E-state index in [9.17, 15) is 9.59 Å². The van der Waals surface area contributed by atoms with Crippen LogP contribution in [0.5, 0.6) is 0 Å². The molecule has 0 aliphatic carbocycles. The number of hydrogen-bond donors (Lipinski definition) is 3. The SMILES string of the molecule is CC(C)CC(CN(C)C)NC(=O)NCC(=O)O. The van der Waals surface area contributed by atoms with Crippen molar-refractivity contribution in [2.75, 3.05) is 27.2 Å². The van der Waals surface area contributed by atoms with E-state index in [4.69, 9.17) is 5.11 Å². The van der Waals surface area contributed by atoms with Gasteiger partial charge in [0.15, 0.2) is 0 Å². The van der Waals surface area contributed by atoms with Crippen molar-refractivity contribution in [3.8, 4) is 0 Å². The van der Waals surface area contributed by atoms with Gasteiger partial charge in [0.05, 0.1) is 0 Å². The lowest BCUT2D eigenvalue weighted by Gasteiger charge is -2.23. The Balaban J connectivity index is 4.12. The summed E-state index contributed by atoms with van der Waals surface area (Å²) in [5.74, 6) is -0.576. The highest BCUT2D eigenvalue weighted by Crippen LogP contribution is 2.05. The van der Waals surface area contributed by atoms with E-state index in [1.165, 1.54) is 0 Å². The molecular weight excluding hydrogens is 222 g/mol. The third-order valence-corrected chi connectivity index (χ3v) is 2.08. The number of rotatable bonds is 7. The highest BCUT2D eigenvalue weighted by molar-refractivity contribution is 5.79. The quantitative estimate of drug-likeness (QED) is 0.604. The fourth-order valence-corrected chi connectivity index (χ4v) is 1.58. The van der Waals surface area contributed by atoms with Gasteiger partial charge >= 0.3 is 12.0 Å². The van der Waals surface area contributed by atoms with Crippen molar-refractivity contribution in [1.82, 2.24) is 15.5 Å². The normalized spacial score (nSPS) is 12.6. The molecule has 1 atom stereocenters. The summed E-state index contributed by atoms with van der Waals surface area (Å²) in [5.41, 5.74) is 0. The van der Waals surface area contributed by atoms with Crippen LogP contribution in [0.15, 0.2) is 0 Å². The second-order valence-corrected chi connectivity index (χ2v) is 4.81. The molecule has 100 valence electrons. The van der Waals surface area contributed by atoms with E-state index >= 15 is 0 Å². The number of carboxylic acid groups (broad SMARTS) is 1. The van der Waals surface area contributed by atoms with Crippen molar-refractivity contribution in [3.63, 3.8) is 0 Å². The molecule has 17 heavy (non-hydrogen) atoms. The summed E-state index contributed by atoms with van der Waals surface area (Å²) in [5, 5.41) is 13.5. The van der Waals surface area contributed by atoms with Crippen LogP contribution < -0.4 is 10.6 Å². The first kappa shape index (κ1) is 15.7. The summed E-state index contributed by atoms with van der Waals surface area (Å²) in [6, 6.07) is -0.404. The molecule has 0 spiro atoms. The van der Waals surface area contributed by atoms with Crippen LogP contribution in [0.3, 0.4) is 0 Å². The molecule has 0 aromatic heterocycles. The van der Waals surface area contributed by atoms with E-state index < -0.39 is 12.0 Å². The topological polar surface area (TPSA) is 81.7 Å². The van der Waals surface area contributed by atoms with E-state index in [-0.39, 0.29) is 12.6 Å². The van der Waals surface area contributed by atoms with Crippen molar-refractivity contribution in [2.45, 2.75) is 26.3 Å². The number of hydrogen-bond acceptors (Lipinski definition) is 3. The van der Waals surface area contributed by atoms with Crippen molar-refractivity contribution >= 4 is 12.0 Å². The van der Waals surface area contributed by atoms with Gasteiger partial charge in [-0.2, -0.15) is 0 Å². The van der Waals surface area contributed by atoms with Crippen LogP contribution in [0.2, 0.25) is 0 Å². The fourth-order valence-electron chi connectivity index (χ4n) is 1.58. The Bertz CT molecular complexity index is 244. The summed E-state index contributed by atoms with van der Waals surface area (Å²) in [7, 11) is 3.87. The monoisotopic (exact) mass is 245 g/mol. The largest absolute Gasteiger partial charge is 0.480 e. The first-order valence-electron chi connectivity index (χ1n) is 5.72. The van der Waals surface area contributed by atoms with Crippen molar-refractivity contribution in [1.29, 1.82) is 0 Å². The molecule has 0 bridgehead atoms. The smallest absolute Gasteiger partial charge is 0.323 e. The Morgan fingerprint density at radius 2 is 1.88 bits per heavy atom. The maximum absolute atomic E-state index is 11.4. The maximum atomic E-state index is 11.4. The number of urea groups is 1. The molecule has 2 amide bonds. The zero-order valence-electron chi connectivity index (χ0n) is 11.0. The molecule has 6 nitrogen and oxygen atoms in total. The van der Waals surface area contributed by atoms with Gasteiger partial charge in [-0.25, -0.2) is 4.79 Å². The van der Waals surface area contributed by atoms with Crippen molar-refractivity contribution in [2.24, 2.45) is 5.92 Å². The minimum Gasteiger partial charge on any atom is -0.480 e. The van der Waals surface area contributed by atoms with Gasteiger partial charge < -0.3 is 20.6 Å². The number of amides is 2. The van der Waals surface area contributed by atoms with E-state index in [2.05, 4.69) is 24.5 Å². The van der Waals surface area contributed by atoms with Crippen molar-refractivity contribution in [3.05, 3.63) is 0 Å². The number of carboxylic acids is 1. The van der Waals surface area contributed by atoms with Gasteiger partial charge in [0.25, 0.3) is 0 Å². The minimum absolute atomic E-state index is 0.0267. The van der Waals surface area contributed by atoms with Gasteiger partial charge in [0.1, 0.15) is 6.54 Å². The molecule has 0 rings (SSSR count). The molecule has 6 heteroatoms. The third kappa shape index (κ3) is 9.62. The lowest BCUT2D eigenvalue weighted by Crippen LogP contribution is -2.47. The summed E-state index contributed by atoms with van der Waals surface area (Å²) in [4.78, 5) is 23.7. The molecule has 3 N–H and O–H groups in total. The van der Waals surface area contributed by atoms with Crippen LogP contribution in [-0.4, -0.2) is 55.2 Å².